The lowest BCUT2D eigenvalue weighted by atomic mass is 9.99. The number of fused-ring (bicyclic) bond motifs is 1. The van der Waals surface area contributed by atoms with Gasteiger partial charge in [0.15, 0.2) is 5.76 Å². The number of hydrogen-bond donors (Lipinski definition) is 1. The second-order valence-corrected chi connectivity index (χ2v) is 6.25. The quantitative estimate of drug-likeness (QED) is 0.513. The monoisotopic (exact) mass is 356 g/mol. The molecule has 0 amide bonds. The van der Waals surface area contributed by atoms with E-state index >= 15 is 0 Å². The summed E-state index contributed by atoms with van der Waals surface area (Å²) >= 11 is 0. The molecule has 0 fully saturated rings. The second kappa shape index (κ2) is 6.92. The van der Waals surface area contributed by atoms with Crippen LogP contribution in [0.15, 0.2) is 83.3 Å². The number of furan rings is 1. The molecule has 4 heteroatoms. The normalized spacial score (nSPS) is 10.8. The fraction of sp³-hybridized carbons (Fsp3) is 0.0435. The summed E-state index contributed by atoms with van der Waals surface area (Å²) in [6.07, 6.45) is -0.264. The highest BCUT2D eigenvalue weighted by Crippen LogP contribution is 2.29. The Morgan fingerprint density at radius 3 is 2.11 bits per heavy atom. The van der Waals surface area contributed by atoms with Gasteiger partial charge >= 0.3 is 5.97 Å². The molecule has 0 aliphatic heterocycles. The van der Waals surface area contributed by atoms with Crippen LogP contribution in [0.5, 0.6) is 0 Å². The Bertz CT molecular complexity index is 1120. The molecule has 0 aliphatic carbocycles. The predicted molar refractivity (Wildman–Crippen MR) is 103 cm³/mol. The molecule has 0 saturated carbocycles. The molecule has 132 valence electrons. The van der Waals surface area contributed by atoms with Crippen molar-refractivity contribution in [2.24, 2.45) is 0 Å². The molecule has 3 aromatic carbocycles. The Morgan fingerprint density at radius 1 is 0.778 bits per heavy atom. The van der Waals surface area contributed by atoms with Gasteiger partial charge in [0.2, 0.25) is 5.78 Å². The summed E-state index contributed by atoms with van der Waals surface area (Å²) in [6, 6.07) is 24.2. The summed E-state index contributed by atoms with van der Waals surface area (Å²) in [5.41, 5.74) is 3.45. The zero-order valence-electron chi connectivity index (χ0n) is 14.4. The third kappa shape index (κ3) is 3.25. The molecule has 0 radical (unpaired) electrons. The molecule has 4 aromatic rings. The van der Waals surface area contributed by atoms with E-state index in [1.807, 2.05) is 42.5 Å². The maximum absolute atomic E-state index is 13.0. The van der Waals surface area contributed by atoms with Crippen molar-refractivity contribution in [2.45, 2.75) is 6.42 Å². The first-order valence-corrected chi connectivity index (χ1v) is 8.56. The van der Waals surface area contributed by atoms with Crippen molar-refractivity contribution in [3.05, 3.63) is 95.7 Å². The molecule has 0 atom stereocenters. The molecule has 0 bridgehead atoms. The van der Waals surface area contributed by atoms with Crippen LogP contribution in [0.1, 0.15) is 21.7 Å². The molecule has 1 heterocycles. The maximum atomic E-state index is 13.0. The fourth-order valence-corrected chi connectivity index (χ4v) is 3.18. The summed E-state index contributed by atoms with van der Waals surface area (Å²) in [7, 11) is 0. The smallest absolute Gasteiger partial charge is 0.307 e. The van der Waals surface area contributed by atoms with Gasteiger partial charge in [0, 0.05) is 16.5 Å². The number of carbonyl (C=O) groups is 2. The van der Waals surface area contributed by atoms with E-state index in [2.05, 4.69) is 0 Å². The van der Waals surface area contributed by atoms with Gasteiger partial charge in [-0.2, -0.15) is 0 Å². The number of ketones is 1. The van der Waals surface area contributed by atoms with E-state index in [0.29, 0.717) is 22.1 Å². The largest absolute Gasteiger partial charge is 0.481 e. The van der Waals surface area contributed by atoms with Gasteiger partial charge in [-0.1, -0.05) is 72.8 Å². The maximum Gasteiger partial charge on any atom is 0.307 e. The van der Waals surface area contributed by atoms with E-state index < -0.39 is 5.97 Å². The third-order valence-electron chi connectivity index (χ3n) is 4.49. The van der Waals surface area contributed by atoms with Crippen LogP contribution in [0.2, 0.25) is 0 Å². The average molecular weight is 356 g/mol. The van der Waals surface area contributed by atoms with Crippen molar-refractivity contribution in [2.75, 3.05) is 0 Å². The van der Waals surface area contributed by atoms with E-state index in [1.165, 1.54) is 0 Å². The molecule has 0 saturated heterocycles. The third-order valence-corrected chi connectivity index (χ3v) is 4.49. The minimum absolute atomic E-state index is 0.0889. The second-order valence-electron chi connectivity index (χ2n) is 6.25. The van der Waals surface area contributed by atoms with Crippen LogP contribution in [0.25, 0.3) is 22.1 Å². The van der Waals surface area contributed by atoms with Crippen molar-refractivity contribution in [3.8, 4) is 11.1 Å². The van der Waals surface area contributed by atoms with E-state index in [-0.39, 0.29) is 18.0 Å². The Hall–Kier alpha value is -3.66. The predicted octanol–water partition coefficient (Wildman–Crippen LogP) is 4.96. The van der Waals surface area contributed by atoms with Gasteiger partial charge in [-0.15, -0.1) is 0 Å². The minimum Gasteiger partial charge on any atom is -0.481 e. The van der Waals surface area contributed by atoms with Gasteiger partial charge in [-0.25, -0.2) is 0 Å². The molecule has 0 aliphatic rings. The highest BCUT2D eigenvalue weighted by atomic mass is 16.4. The average Bonchev–Trinajstić information content (AvgIpc) is 3.06. The van der Waals surface area contributed by atoms with Gasteiger partial charge in [0.1, 0.15) is 5.58 Å². The summed E-state index contributed by atoms with van der Waals surface area (Å²) < 4.78 is 5.72. The van der Waals surface area contributed by atoms with Crippen LogP contribution < -0.4 is 0 Å². The number of carboxylic acid groups (broad SMARTS) is 1. The number of para-hydroxylation sites is 1. The van der Waals surface area contributed by atoms with Gasteiger partial charge < -0.3 is 9.52 Å². The Morgan fingerprint density at radius 2 is 1.41 bits per heavy atom. The van der Waals surface area contributed by atoms with Crippen LogP contribution in [0.3, 0.4) is 0 Å². The highest BCUT2D eigenvalue weighted by Gasteiger charge is 2.23. The molecule has 0 spiro atoms. The lowest BCUT2D eigenvalue weighted by Crippen LogP contribution is -2.07. The molecule has 0 unspecified atom stereocenters. The first-order valence-electron chi connectivity index (χ1n) is 8.56. The highest BCUT2D eigenvalue weighted by molar-refractivity contribution is 6.11. The molecule has 1 N–H and O–H groups in total. The molecular weight excluding hydrogens is 340 g/mol. The van der Waals surface area contributed by atoms with Crippen LogP contribution in [0, 0.1) is 0 Å². The fourth-order valence-electron chi connectivity index (χ4n) is 3.18. The number of aliphatic carboxylic acids is 1. The Labute approximate surface area is 155 Å². The van der Waals surface area contributed by atoms with Crippen LogP contribution in [-0.4, -0.2) is 16.9 Å². The van der Waals surface area contributed by atoms with Crippen molar-refractivity contribution in [3.63, 3.8) is 0 Å². The zero-order chi connectivity index (χ0) is 18.8. The van der Waals surface area contributed by atoms with Crippen molar-refractivity contribution >= 4 is 22.7 Å². The standard InChI is InChI=1S/C23H16O4/c24-21(25)14-19-18-8-4-5-9-20(18)27-23(19)22(26)17-12-10-16(11-13-17)15-6-2-1-3-7-15/h1-13H,14H2,(H,24,25). The van der Waals surface area contributed by atoms with E-state index in [1.54, 1.807) is 36.4 Å². The SMILES string of the molecule is O=C(O)Cc1c(C(=O)c2ccc(-c3ccccc3)cc2)oc2ccccc12. The molecular formula is C23H16O4. The Kier molecular flexibility index (Phi) is 4.30. The number of benzene rings is 3. The summed E-state index contributed by atoms with van der Waals surface area (Å²) in [5.74, 6) is -1.23. The summed E-state index contributed by atoms with van der Waals surface area (Å²) in [6.45, 7) is 0. The van der Waals surface area contributed by atoms with Gasteiger partial charge in [0.25, 0.3) is 0 Å². The molecule has 27 heavy (non-hydrogen) atoms. The number of carbonyl (C=O) groups excluding carboxylic acids is 1. The van der Waals surface area contributed by atoms with Gasteiger partial charge in [-0.05, 0) is 17.2 Å². The van der Waals surface area contributed by atoms with Crippen LogP contribution in [-0.2, 0) is 11.2 Å². The van der Waals surface area contributed by atoms with Gasteiger partial charge in [-0.3, -0.25) is 9.59 Å². The minimum atomic E-state index is -1.00. The van der Waals surface area contributed by atoms with E-state index in [4.69, 9.17) is 4.42 Å². The molecule has 4 nitrogen and oxygen atoms in total. The zero-order valence-corrected chi connectivity index (χ0v) is 14.4. The van der Waals surface area contributed by atoms with Crippen molar-refractivity contribution in [1.29, 1.82) is 0 Å². The van der Waals surface area contributed by atoms with E-state index in [0.717, 1.165) is 11.1 Å². The van der Waals surface area contributed by atoms with Crippen LogP contribution in [0.4, 0.5) is 0 Å². The molecule has 1 aromatic heterocycles. The number of hydrogen-bond acceptors (Lipinski definition) is 3. The van der Waals surface area contributed by atoms with E-state index in [9.17, 15) is 14.7 Å². The molecule has 4 rings (SSSR count). The van der Waals surface area contributed by atoms with Crippen molar-refractivity contribution in [1.82, 2.24) is 0 Å². The Balaban J connectivity index is 1.73. The summed E-state index contributed by atoms with van der Waals surface area (Å²) in [5, 5.41) is 9.89. The van der Waals surface area contributed by atoms with Crippen molar-refractivity contribution < 1.29 is 19.1 Å². The lowest BCUT2D eigenvalue weighted by molar-refractivity contribution is -0.136. The lowest BCUT2D eigenvalue weighted by Gasteiger charge is -2.04. The van der Waals surface area contributed by atoms with Crippen LogP contribution >= 0.6 is 0 Å². The number of carboxylic acids is 1. The topological polar surface area (TPSA) is 67.5 Å². The first kappa shape index (κ1) is 16.8. The summed E-state index contributed by atoms with van der Waals surface area (Å²) in [4.78, 5) is 24.2. The van der Waals surface area contributed by atoms with Gasteiger partial charge in [0.05, 0.1) is 6.42 Å². The number of rotatable bonds is 5. The first-order chi connectivity index (χ1) is 13.1.